The lowest BCUT2D eigenvalue weighted by Gasteiger charge is -2.13. The van der Waals surface area contributed by atoms with Crippen LogP contribution < -0.4 is 10.2 Å². The second-order valence-corrected chi connectivity index (χ2v) is 6.80. The molecule has 2 aromatic heterocycles. The molecule has 2 heterocycles. The highest BCUT2D eigenvalue weighted by molar-refractivity contribution is 7.99. The SMILES string of the molecule is CN(C)c1ccc(NC(=O)CSc2nnc(-c3ccccn3)n2C)cc1. The van der Waals surface area contributed by atoms with Crippen LogP contribution in [0, 0.1) is 0 Å². The highest BCUT2D eigenvalue weighted by Gasteiger charge is 2.13. The Hall–Kier alpha value is -2.87. The predicted octanol–water partition coefficient (Wildman–Crippen LogP) is 2.67. The molecule has 0 fully saturated rings. The number of carbonyl (C=O) groups excluding carboxylic acids is 1. The van der Waals surface area contributed by atoms with Crippen molar-refractivity contribution >= 4 is 29.0 Å². The Labute approximate surface area is 156 Å². The standard InChI is InChI=1S/C18H20N6OS/c1-23(2)14-9-7-13(8-10-14)20-16(25)12-26-18-22-21-17(24(18)3)15-6-4-5-11-19-15/h4-11H,12H2,1-3H3,(H,20,25). The van der Waals surface area contributed by atoms with Gasteiger partial charge in [0.2, 0.25) is 5.91 Å². The summed E-state index contributed by atoms with van der Waals surface area (Å²) in [5.41, 5.74) is 2.60. The van der Waals surface area contributed by atoms with Crippen molar-refractivity contribution in [2.45, 2.75) is 5.16 Å². The van der Waals surface area contributed by atoms with Crippen molar-refractivity contribution in [3.05, 3.63) is 48.7 Å². The van der Waals surface area contributed by atoms with Crippen LogP contribution in [0.15, 0.2) is 53.8 Å². The predicted molar refractivity (Wildman–Crippen MR) is 104 cm³/mol. The average molecular weight is 368 g/mol. The van der Waals surface area contributed by atoms with Crippen LogP contribution in [0.5, 0.6) is 0 Å². The van der Waals surface area contributed by atoms with Crippen LogP contribution in [0.1, 0.15) is 0 Å². The maximum absolute atomic E-state index is 12.2. The number of amides is 1. The van der Waals surface area contributed by atoms with Gasteiger partial charge in [0.15, 0.2) is 11.0 Å². The Kier molecular flexibility index (Phi) is 5.52. The molecule has 1 amide bonds. The quantitative estimate of drug-likeness (QED) is 0.674. The first-order chi connectivity index (χ1) is 12.5. The molecule has 0 unspecified atom stereocenters. The third-order valence-corrected chi connectivity index (χ3v) is 4.75. The largest absolute Gasteiger partial charge is 0.378 e. The van der Waals surface area contributed by atoms with Gasteiger partial charge >= 0.3 is 0 Å². The summed E-state index contributed by atoms with van der Waals surface area (Å²) in [7, 11) is 5.82. The molecule has 0 spiro atoms. The fourth-order valence-electron chi connectivity index (χ4n) is 2.33. The third kappa shape index (κ3) is 4.20. The number of rotatable bonds is 6. The Morgan fingerprint density at radius 3 is 2.58 bits per heavy atom. The van der Waals surface area contributed by atoms with Gasteiger partial charge in [0.25, 0.3) is 0 Å². The summed E-state index contributed by atoms with van der Waals surface area (Å²) in [6.07, 6.45) is 1.71. The van der Waals surface area contributed by atoms with E-state index in [1.165, 1.54) is 11.8 Å². The molecule has 0 saturated heterocycles. The number of nitrogens with zero attached hydrogens (tertiary/aromatic N) is 5. The van der Waals surface area contributed by atoms with Crippen LogP contribution in [0.4, 0.5) is 11.4 Å². The van der Waals surface area contributed by atoms with Crippen molar-refractivity contribution < 1.29 is 4.79 Å². The molecule has 0 radical (unpaired) electrons. The maximum Gasteiger partial charge on any atom is 0.234 e. The fraction of sp³-hybridized carbons (Fsp3) is 0.222. The van der Waals surface area contributed by atoms with E-state index in [2.05, 4.69) is 20.5 Å². The van der Waals surface area contributed by atoms with Crippen LogP contribution in [-0.2, 0) is 11.8 Å². The van der Waals surface area contributed by atoms with E-state index in [9.17, 15) is 4.79 Å². The molecule has 134 valence electrons. The van der Waals surface area contributed by atoms with Crippen molar-refractivity contribution in [2.24, 2.45) is 7.05 Å². The molecule has 0 atom stereocenters. The molecule has 0 aliphatic rings. The lowest BCUT2D eigenvalue weighted by Crippen LogP contribution is -2.15. The van der Waals surface area contributed by atoms with Crippen LogP contribution >= 0.6 is 11.8 Å². The van der Waals surface area contributed by atoms with Crippen molar-refractivity contribution in [1.29, 1.82) is 0 Å². The van der Waals surface area contributed by atoms with E-state index in [4.69, 9.17) is 0 Å². The Morgan fingerprint density at radius 2 is 1.92 bits per heavy atom. The Bertz CT molecular complexity index is 876. The summed E-state index contributed by atoms with van der Waals surface area (Å²) in [6.45, 7) is 0. The first kappa shape index (κ1) is 17.9. The smallest absolute Gasteiger partial charge is 0.234 e. The Balaban J connectivity index is 1.59. The lowest BCUT2D eigenvalue weighted by atomic mass is 10.2. The second kappa shape index (κ2) is 8.01. The van der Waals surface area contributed by atoms with Crippen LogP contribution in [0.3, 0.4) is 0 Å². The second-order valence-electron chi connectivity index (χ2n) is 5.86. The lowest BCUT2D eigenvalue weighted by molar-refractivity contribution is -0.113. The van der Waals surface area contributed by atoms with Gasteiger partial charge in [-0.2, -0.15) is 0 Å². The van der Waals surface area contributed by atoms with Crippen molar-refractivity contribution in [1.82, 2.24) is 19.7 Å². The van der Waals surface area contributed by atoms with Crippen molar-refractivity contribution in [3.63, 3.8) is 0 Å². The summed E-state index contributed by atoms with van der Waals surface area (Å²) >= 11 is 1.34. The molecule has 1 N–H and O–H groups in total. The maximum atomic E-state index is 12.2. The van der Waals surface area contributed by atoms with Crippen LogP contribution in [0.2, 0.25) is 0 Å². The molecule has 8 heteroatoms. The molecular weight excluding hydrogens is 348 g/mol. The normalized spacial score (nSPS) is 10.6. The molecule has 1 aromatic carbocycles. The van der Waals surface area contributed by atoms with E-state index in [0.717, 1.165) is 17.1 Å². The number of hydrogen-bond donors (Lipinski definition) is 1. The number of carbonyl (C=O) groups is 1. The van der Waals surface area contributed by atoms with E-state index in [1.54, 1.807) is 6.20 Å². The minimum absolute atomic E-state index is 0.0880. The van der Waals surface area contributed by atoms with E-state index < -0.39 is 0 Å². The number of aromatic nitrogens is 4. The Morgan fingerprint density at radius 1 is 1.15 bits per heavy atom. The number of hydrogen-bond acceptors (Lipinski definition) is 6. The first-order valence-corrected chi connectivity index (χ1v) is 9.04. The van der Waals surface area contributed by atoms with E-state index in [0.29, 0.717) is 11.0 Å². The highest BCUT2D eigenvalue weighted by Crippen LogP contribution is 2.21. The monoisotopic (exact) mass is 368 g/mol. The van der Waals surface area contributed by atoms with Gasteiger partial charge in [0.1, 0.15) is 5.69 Å². The zero-order valence-electron chi connectivity index (χ0n) is 14.9. The fourth-order valence-corrected chi connectivity index (χ4v) is 3.04. The van der Waals surface area contributed by atoms with Crippen molar-refractivity contribution in [3.8, 4) is 11.5 Å². The number of anilines is 2. The van der Waals surface area contributed by atoms with Gasteiger partial charge in [-0.25, -0.2) is 0 Å². The molecule has 7 nitrogen and oxygen atoms in total. The van der Waals surface area contributed by atoms with Gasteiger partial charge in [-0.1, -0.05) is 17.8 Å². The van der Waals surface area contributed by atoms with Gasteiger partial charge in [-0.3, -0.25) is 9.78 Å². The minimum atomic E-state index is -0.0880. The van der Waals surface area contributed by atoms with E-state index in [1.807, 2.05) is 73.1 Å². The topological polar surface area (TPSA) is 75.9 Å². The van der Waals surface area contributed by atoms with E-state index in [-0.39, 0.29) is 11.7 Å². The minimum Gasteiger partial charge on any atom is -0.378 e. The van der Waals surface area contributed by atoms with Gasteiger partial charge in [0.05, 0.1) is 5.75 Å². The molecule has 0 bridgehead atoms. The van der Waals surface area contributed by atoms with Gasteiger partial charge in [0, 0.05) is 38.7 Å². The molecule has 0 aliphatic heterocycles. The summed E-state index contributed by atoms with van der Waals surface area (Å²) < 4.78 is 1.84. The molecule has 3 rings (SSSR count). The summed E-state index contributed by atoms with van der Waals surface area (Å²) in [5.74, 6) is 0.839. The van der Waals surface area contributed by atoms with Crippen LogP contribution in [-0.4, -0.2) is 45.5 Å². The van der Waals surface area contributed by atoms with Gasteiger partial charge in [-0.05, 0) is 36.4 Å². The van der Waals surface area contributed by atoms with E-state index >= 15 is 0 Å². The molecule has 26 heavy (non-hydrogen) atoms. The molecule has 0 saturated carbocycles. The van der Waals surface area contributed by atoms with Gasteiger partial charge < -0.3 is 14.8 Å². The van der Waals surface area contributed by atoms with Crippen LogP contribution in [0.25, 0.3) is 11.5 Å². The summed E-state index contributed by atoms with van der Waals surface area (Å²) in [5, 5.41) is 11.9. The molecular formula is C18H20N6OS. The number of nitrogens with one attached hydrogen (secondary N) is 1. The average Bonchev–Trinajstić information content (AvgIpc) is 3.02. The number of pyridine rings is 1. The van der Waals surface area contributed by atoms with Gasteiger partial charge in [-0.15, -0.1) is 10.2 Å². The highest BCUT2D eigenvalue weighted by atomic mass is 32.2. The third-order valence-electron chi connectivity index (χ3n) is 3.73. The number of benzene rings is 1. The molecule has 0 aliphatic carbocycles. The number of thioether (sulfide) groups is 1. The zero-order chi connectivity index (χ0) is 18.5. The molecule has 3 aromatic rings. The summed E-state index contributed by atoms with van der Waals surface area (Å²) in [6, 6.07) is 13.3. The zero-order valence-corrected chi connectivity index (χ0v) is 15.7. The summed E-state index contributed by atoms with van der Waals surface area (Å²) in [4.78, 5) is 18.5. The van der Waals surface area contributed by atoms with Crippen molar-refractivity contribution in [2.75, 3.05) is 30.1 Å². The first-order valence-electron chi connectivity index (χ1n) is 8.05.